The lowest BCUT2D eigenvalue weighted by atomic mass is 10.3. The van der Waals surface area contributed by atoms with Crippen molar-refractivity contribution in [1.29, 1.82) is 0 Å². The van der Waals surface area contributed by atoms with E-state index in [-0.39, 0.29) is 18.2 Å². The first-order chi connectivity index (χ1) is 13.2. The molecule has 3 N–H and O–H groups in total. The molecule has 0 fully saturated rings. The van der Waals surface area contributed by atoms with E-state index >= 15 is 0 Å². The van der Waals surface area contributed by atoms with Gasteiger partial charge < -0.3 is 15.0 Å². The van der Waals surface area contributed by atoms with Crippen LogP contribution in [0.4, 0.5) is 0 Å². The largest absolute Gasteiger partial charge is 0.508 e. The Morgan fingerprint density at radius 2 is 2.22 bits per heavy atom. The first-order valence-electron chi connectivity index (χ1n) is 8.41. The quantitative estimate of drug-likeness (QED) is 0.474. The fourth-order valence-electron chi connectivity index (χ4n) is 2.74. The summed E-state index contributed by atoms with van der Waals surface area (Å²) in [5.74, 6) is 1.29. The summed E-state index contributed by atoms with van der Waals surface area (Å²) in [6, 6.07) is 8.58. The monoisotopic (exact) mass is 363 g/mol. The van der Waals surface area contributed by atoms with Crippen LogP contribution in [0.15, 0.2) is 49.1 Å². The van der Waals surface area contributed by atoms with Crippen molar-refractivity contribution in [1.82, 2.24) is 35.0 Å². The molecule has 136 valence electrons. The van der Waals surface area contributed by atoms with Gasteiger partial charge in [0.25, 0.3) is 0 Å². The number of hydrogen-bond acceptors (Lipinski definition) is 6. The predicted molar refractivity (Wildman–Crippen MR) is 97.7 cm³/mol. The molecule has 4 rings (SSSR count). The molecule has 9 heteroatoms. The highest BCUT2D eigenvalue weighted by Gasteiger charge is 2.09. The first kappa shape index (κ1) is 16.7. The highest BCUT2D eigenvalue weighted by atomic mass is 16.3. The molecular weight excluding hydrogens is 346 g/mol. The van der Waals surface area contributed by atoms with Crippen LogP contribution in [0.2, 0.25) is 0 Å². The number of pyridine rings is 1. The van der Waals surface area contributed by atoms with Gasteiger partial charge in [0, 0.05) is 37.0 Å². The average Bonchev–Trinajstić information content (AvgIpc) is 3.30. The summed E-state index contributed by atoms with van der Waals surface area (Å²) in [6.07, 6.45) is 5.51. The number of fused-ring (bicyclic) bond motifs is 1. The van der Waals surface area contributed by atoms with Gasteiger partial charge in [0.2, 0.25) is 5.91 Å². The Hall–Kier alpha value is -3.75. The molecule has 1 aromatic carbocycles. The molecule has 0 radical (unpaired) electrons. The number of nitrogens with one attached hydrogen (secondary N) is 2. The van der Waals surface area contributed by atoms with Crippen LogP contribution in [-0.2, 0) is 17.8 Å². The van der Waals surface area contributed by atoms with Crippen molar-refractivity contribution in [2.24, 2.45) is 0 Å². The summed E-state index contributed by atoms with van der Waals surface area (Å²) in [6.45, 7) is 0.590. The lowest BCUT2D eigenvalue weighted by molar-refractivity contribution is -0.121. The summed E-state index contributed by atoms with van der Waals surface area (Å²) >= 11 is 0. The van der Waals surface area contributed by atoms with Crippen LogP contribution in [0, 0.1) is 0 Å². The van der Waals surface area contributed by atoms with E-state index in [1.54, 1.807) is 41.5 Å². The highest BCUT2D eigenvalue weighted by Crippen LogP contribution is 2.18. The van der Waals surface area contributed by atoms with Gasteiger partial charge in [-0.05, 0) is 24.3 Å². The highest BCUT2D eigenvalue weighted by molar-refractivity contribution is 5.81. The number of aromatic hydroxyl groups is 1. The van der Waals surface area contributed by atoms with Gasteiger partial charge in [-0.25, -0.2) is 9.97 Å². The number of amides is 1. The Kier molecular flexibility index (Phi) is 4.48. The maximum atomic E-state index is 12.2. The van der Waals surface area contributed by atoms with Crippen molar-refractivity contribution >= 4 is 16.9 Å². The molecular formula is C18H17N7O2. The summed E-state index contributed by atoms with van der Waals surface area (Å²) in [4.78, 5) is 24.8. The lowest BCUT2D eigenvalue weighted by Crippen LogP contribution is -2.29. The smallest absolute Gasteiger partial charge is 0.240 e. The number of imidazole rings is 1. The van der Waals surface area contributed by atoms with E-state index < -0.39 is 0 Å². The second kappa shape index (κ2) is 7.24. The standard InChI is InChI=1S/C18H17N7O2/c26-13-3-4-15-14(8-13)21-11-25(15)10-17(27)20-7-5-16-22-18(24-23-16)12-2-1-6-19-9-12/h1-4,6,8-9,11,26H,5,7,10H2,(H,20,27)(H,22,23,24). The van der Waals surface area contributed by atoms with Crippen LogP contribution in [0.3, 0.4) is 0 Å². The summed E-state index contributed by atoms with van der Waals surface area (Å²) in [5.41, 5.74) is 2.27. The molecule has 9 nitrogen and oxygen atoms in total. The number of aromatic nitrogens is 6. The van der Waals surface area contributed by atoms with Gasteiger partial charge in [-0.15, -0.1) is 0 Å². The number of nitrogens with zero attached hydrogens (tertiary/aromatic N) is 5. The molecule has 0 bridgehead atoms. The zero-order valence-corrected chi connectivity index (χ0v) is 14.3. The number of phenols is 1. The number of carbonyl (C=O) groups is 1. The Morgan fingerprint density at radius 3 is 3.07 bits per heavy atom. The number of benzene rings is 1. The minimum absolute atomic E-state index is 0.130. The summed E-state index contributed by atoms with van der Waals surface area (Å²) in [7, 11) is 0. The topological polar surface area (TPSA) is 122 Å². The van der Waals surface area contributed by atoms with Crippen LogP contribution >= 0.6 is 0 Å². The Bertz CT molecular complexity index is 1070. The zero-order chi connectivity index (χ0) is 18.6. The van der Waals surface area contributed by atoms with E-state index in [1.165, 1.54) is 0 Å². The molecule has 0 aliphatic rings. The maximum Gasteiger partial charge on any atom is 0.240 e. The van der Waals surface area contributed by atoms with Crippen LogP contribution in [0.5, 0.6) is 5.75 Å². The maximum absolute atomic E-state index is 12.2. The van der Waals surface area contributed by atoms with Gasteiger partial charge in [-0.3, -0.25) is 14.9 Å². The van der Waals surface area contributed by atoms with Crippen molar-refractivity contribution in [2.45, 2.75) is 13.0 Å². The van der Waals surface area contributed by atoms with E-state index in [0.29, 0.717) is 30.1 Å². The molecule has 0 aliphatic carbocycles. The first-order valence-corrected chi connectivity index (χ1v) is 8.41. The number of hydrogen-bond donors (Lipinski definition) is 3. The minimum Gasteiger partial charge on any atom is -0.508 e. The number of phenolic OH excluding ortho intramolecular Hbond substituents is 1. The van der Waals surface area contributed by atoms with Gasteiger partial charge in [0.1, 0.15) is 18.1 Å². The molecule has 0 atom stereocenters. The van der Waals surface area contributed by atoms with Crippen molar-refractivity contribution in [3.05, 3.63) is 54.9 Å². The lowest BCUT2D eigenvalue weighted by Gasteiger charge is -2.06. The predicted octanol–water partition coefficient (Wildman–Crippen LogP) is 1.28. The van der Waals surface area contributed by atoms with Crippen LogP contribution in [0.25, 0.3) is 22.4 Å². The average molecular weight is 363 g/mol. The molecule has 27 heavy (non-hydrogen) atoms. The van der Waals surface area contributed by atoms with Gasteiger partial charge in [-0.1, -0.05) is 0 Å². The van der Waals surface area contributed by atoms with E-state index in [2.05, 4.69) is 30.5 Å². The SMILES string of the molecule is O=C(Cn1cnc2cc(O)ccc21)NCCc1nc(-c2cccnc2)n[nH]1. The van der Waals surface area contributed by atoms with E-state index in [1.807, 2.05) is 12.1 Å². The van der Waals surface area contributed by atoms with E-state index in [0.717, 1.165) is 11.1 Å². The van der Waals surface area contributed by atoms with E-state index in [4.69, 9.17) is 0 Å². The van der Waals surface area contributed by atoms with Crippen molar-refractivity contribution < 1.29 is 9.90 Å². The van der Waals surface area contributed by atoms with Gasteiger partial charge in [0.15, 0.2) is 5.82 Å². The molecule has 1 amide bonds. The Labute approximate surface area is 154 Å². The Balaban J connectivity index is 1.31. The van der Waals surface area contributed by atoms with Gasteiger partial charge in [0.05, 0.1) is 17.4 Å². The number of rotatable bonds is 6. The molecule has 0 aliphatic heterocycles. The minimum atomic E-state index is -0.130. The third-order valence-corrected chi connectivity index (χ3v) is 4.05. The second-order valence-electron chi connectivity index (χ2n) is 5.99. The number of aromatic amines is 1. The molecule has 3 aromatic heterocycles. The third kappa shape index (κ3) is 3.76. The van der Waals surface area contributed by atoms with Crippen LogP contribution in [0.1, 0.15) is 5.82 Å². The number of carbonyl (C=O) groups excluding carboxylic acids is 1. The summed E-state index contributed by atoms with van der Waals surface area (Å²) < 4.78 is 1.74. The van der Waals surface area contributed by atoms with E-state index in [9.17, 15) is 9.90 Å². The van der Waals surface area contributed by atoms with Gasteiger partial charge >= 0.3 is 0 Å². The molecule has 0 saturated carbocycles. The van der Waals surface area contributed by atoms with Crippen molar-refractivity contribution in [2.75, 3.05) is 6.54 Å². The second-order valence-corrected chi connectivity index (χ2v) is 5.99. The Morgan fingerprint density at radius 1 is 1.30 bits per heavy atom. The van der Waals surface area contributed by atoms with Gasteiger partial charge in [-0.2, -0.15) is 5.10 Å². The van der Waals surface area contributed by atoms with Crippen LogP contribution < -0.4 is 5.32 Å². The molecule has 4 aromatic rings. The van der Waals surface area contributed by atoms with Crippen molar-refractivity contribution in [3.8, 4) is 17.1 Å². The molecule has 0 saturated heterocycles. The third-order valence-electron chi connectivity index (χ3n) is 4.05. The molecule has 0 spiro atoms. The number of H-pyrrole nitrogens is 1. The van der Waals surface area contributed by atoms with Crippen molar-refractivity contribution in [3.63, 3.8) is 0 Å². The normalized spacial score (nSPS) is 11.0. The molecule has 0 unspecified atom stereocenters. The van der Waals surface area contributed by atoms with Crippen LogP contribution in [-0.4, -0.2) is 47.3 Å². The summed E-state index contributed by atoms with van der Waals surface area (Å²) in [5, 5.41) is 19.4. The fourth-order valence-corrected chi connectivity index (χ4v) is 2.74. The molecule has 3 heterocycles. The fraction of sp³-hybridized carbons (Fsp3) is 0.167. The zero-order valence-electron chi connectivity index (χ0n) is 14.3.